The molecule has 5 nitrogen and oxygen atoms in total. The molecule has 1 saturated carbocycles. The van der Waals surface area contributed by atoms with Crippen molar-refractivity contribution in [3.63, 3.8) is 0 Å². The summed E-state index contributed by atoms with van der Waals surface area (Å²) in [5.41, 5.74) is 1.07. The van der Waals surface area contributed by atoms with Crippen molar-refractivity contribution in [3.05, 3.63) is 17.5 Å². The molecule has 3 rings (SSSR count). The van der Waals surface area contributed by atoms with Gasteiger partial charge in [0, 0.05) is 24.7 Å². The van der Waals surface area contributed by atoms with E-state index in [0.717, 1.165) is 44.2 Å². The fraction of sp³-hybridized carbons (Fsp3) is 0.789. The molecule has 134 valence electrons. The Hall–Kier alpha value is -1.36. The molecule has 0 spiro atoms. The molecule has 0 radical (unpaired) electrons. The van der Waals surface area contributed by atoms with Crippen LogP contribution in [-0.4, -0.2) is 44.4 Å². The van der Waals surface area contributed by atoms with Crippen molar-refractivity contribution in [1.82, 2.24) is 14.7 Å². The first kappa shape index (κ1) is 17.5. The predicted molar refractivity (Wildman–Crippen MR) is 94.0 cm³/mol. The van der Waals surface area contributed by atoms with Crippen LogP contribution in [0.5, 0.6) is 0 Å². The van der Waals surface area contributed by atoms with Crippen LogP contribution >= 0.6 is 0 Å². The van der Waals surface area contributed by atoms with E-state index in [-0.39, 0.29) is 11.8 Å². The fourth-order valence-corrected chi connectivity index (χ4v) is 4.51. The Morgan fingerprint density at radius 1 is 1.38 bits per heavy atom. The summed E-state index contributed by atoms with van der Waals surface area (Å²) >= 11 is 0. The van der Waals surface area contributed by atoms with Crippen LogP contribution in [-0.2, 0) is 0 Å². The predicted octanol–water partition coefficient (Wildman–Crippen LogP) is 3.32. The summed E-state index contributed by atoms with van der Waals surface area (Å²) < 4.78 is 2.01. The lowest BCUT2D eigenvalue weighted by Crippen LogP contribution is -2.54. The minimum Gasteiger partial charge on any atom is -0.389 e. The van der Waals surface area contributed by atoms with E-state index in [2.05, 4.69) is 18.9 Å². The molecular formula is C19H31N3O2. The highest BCUT2D eigenvalue weighted by atomic mass is 16.3. The van der Waals surface area contributed by atoms with Crippen LogP contribution in [0.2, 0.25) is 0 Å². The van der Waals surface area contributed by atoms with Gasteiger partial charge in [0.15, 0.2) is 5.69 Å². The molecule has 2 aliphatic rings. The molecule has 1 aliphatic carbocycles. The summed E-state index contributed by atoms with van der Waals surface area (Å²) in [6, 6.07) is 2.28. The topological polar surface area (TPSA) is 58.4 Å². The van der Waals surface area contributed by atoms with Gasteiger partial charge in [0.25, 0.3) is 5.91 Å². The molecule has 0 bridgehead atoms. The van der Waals surface area contributed by atoms with Gasteiger partial charge in [0.1, 0.15) is 0 Å². The van der Waals surface area contributed by atoms with Gasteiger partial charge in [-0.3, -0.25) is 9.48 Å². The van der Waals surface area contributed by atoms with E-state index in [0.29, 0.717) is 31.2 Å². The number of aliphatic hydroxyl groups is 1. The van der Waals surface area contributed by atoms with E-state index in [1.54, 1.807) is 0 Å². The van der Waals surface area contributed by atoms with Crippen LogP contribution in [0.1, 0.15) is 81.0 Å². The Morgan fingerprint density at radius 3 is 2.83 bits per heavy atom. The summed E-state index contributed by atoms with van der Waals surface area (Å²) in [5, 5.41) is 15.4. The number of rotatable bonds is 4. The Bertz CT molecular complexity index is 593. The highest BCUT2D eigenvalue weighted by Crippen LogP contribution is 2.40. The average molecular weight is 333 g/mol. The second-order valence-corrected chi connectivity index (χ2v) is 7.63. The number of aromatic nitrogens is 2. The molecule has 2 atom stereocenters. The lowest BCUT2D eigenvalue weighted by Gasteiger charge is -2.47. The maximum absolute atomic E-state index is 12.9. The molecule has 1 N–H and O–H groups in total. The molecule has 1 aromatic heterocycles. The Balaban J connectivity index is 1.74. The van der Waals surface area contributed by atoms with Crippen molar-refractivity contribution in [2.45, 2.75) is 77.4 Å². The molecule has 1 amide bonds. The van der Waals surface area contributed by atoms with E-state index < -0.39 is 5.60 Å². The third kappa shape index (κ3) is 3.10. The standard InChI is InChI=1S/C19H31N3O2/c1-4-16(5-2)22-14(3)12-17(20-22)18(23)21-11-10-19(24)9-7-6-8-15(19)13-21/h12,15-16,24H,4-11,13H2,1-3H3. The van der Waals surface area contributed by atoms with Crippen LogP contribution < -0.4 is 0 Å². The van der Waals surface area contributed by atoms with Gasteiger partial charge in [-0.05, 0) is 45.1 Å². The normalized spacial score (nSPS) is 27.4. The van der Waals surface area contributed by atoms with E-state index >= 15 is 0 Å². The van der Waals surface area contributed by atoms with E-state index in [9.17, 15) is 9.90 Å². The van der Waals surface area contributed by atoms with Gasteiger partial charge in [-0.1, -0.05) is 26.7 Å². The Labute approximate surface area is 145 Å². The molecule has 0 aromatic carbocycles. The van der Waals surface area contributed by atoms with Crippen LogP contribution in [0.25, 0.3) is 0 Å². The monoisotopic (exact) mass is 333 g/mol. The van der Waals surface area contributed by atoms with Crippen molar-refractivity contribution in [2.75, 3.05) is 13.1 Å². The number of amides is 1. The van der Waals surface area contributed by atoms with Crippen molar-refractivity contribution in [1.29, 1.82) is 0 Å². The molecule has 5 heteroatoms. The zero-order valence-electron chi connectivity index (χ0n) is 15.3. The van der Waals surface area contributed by atoms with Gasteiger partial charge >= 0.3 is 0 Å². The molecule has 1 aromatic rings. The average Bonchev–Trinajstić information content (AvgIpc) is 2.96. The Morgan fingerprint density at radius 2 is 2.12 bits per heavy atom. The summed E-state index contributed by atoms with van der Waals surface area (Å²) in [5.74, 6) is 0.251. The summed E-state index contributed by atoms with van der Waals surface area (Å²) in [7, 11) is 0. The molecule has 2 unspecified atom stereocenters. The number of hydrogen-bond donors (Lipinski definition) is 1. The summed E-state index contributed by atoms with van der Waals surface area (Å²) in [6.45, 7) is 7.66. The number of piperidine rings is 1. The van der Waals surface area contributed by atoms with Gasteiger partial charge in [-0.25, -0.2) is 0 Å². The van der Waals surface area contributed by atoms with Crippen molar-refractivity contribution in [2.24, 2.45) is 5.92 Å². The SMILES string of the molecule is CCC(CC)n1nc(C(=O)N2CCC3(O)CCCCC3C2)cc1C. The first-order valence-electron chi connectivity index (χ1n) is 9.56. The molecular weight excluding hydrogens is 302 g/mol. The van der Waals surface area contributed by atoms with Gasteiger partial charge < -0.3 is 10.0 Å². The fourth-order valence-electron chi connectivity index (χ4n) is 4.51. The molecule has 2 fully saturated rings. The second kappa shape index (κ2) is 6.87. The molecule has 1 aliphatic heterocycles. The van der Waals surface area contributed by atoms with E-state index in [1.165, 1.54) is 0 Å². The van der Waals surface area contributed by atoms with Crippen LogP contribution in [0.15, 0.2) is 6.07 Å². The highest BCUT2D eigenvalue weighted by Gasteiger charge is 2.44. The number of likely N-dealkylation sites (tertiary alicyclic amines) is 1. The highest BCUT2D eigenvalue weighted by molar-refractivity contribution is 5.92. The van der Waals surface area contributed by atoms with E-state index in [1.807, 2.05) is 22.6 Å². The van der Waals surface area contributed by atoms with Crippen molar-refractivity contribution < 1.29 is 9.90 Å². The van der Waals surface area contributed by atoms with Crippen LogP contribution in [0, 0.1) is 12.8 Å². The molecule has 24 heavy (non-hydrogen) atoms. The zero-order valence-corrected chi connectivity index (χ0v) is 15.3. The van der Waals surface area contributed by atoms with Crippen molar-refractivity contribution >= 4 is 5.91 Å². The maximum Gasteiger partial charge on any atom is 0.274 e. The van der Waals surface area contributed by atoms with E-state index in [4.69, 9.17) is 0 Å². The molecule has 2 heterocycles. The number of fused-ring (bicyclic) bond motifs is 1. The Kier molecular flexibility index (Phi) is 5.00. The number of carbonyl (C=O) groups excluding carboxylic acids is 1. The van der Waals surface area contributed by atoms with Gasteiger partial charge in [-0.2, -0.15) is 5.10 Å². The quantitative estimate of drug-likeness (QED) is 0.919. The third-order valence-corrected chi connectivity index (χ3v) is 6.14. The van der Waals surface area contributed by atoms with Crippen LogP contribution in [0.3, 0.4) is 0 Å². The van der Waals surface area contributed by atoms with Gasteiger partial charge in [0.2, 0.25) is 0 Å². The lowest BCUT2D eigenvalue weighted by atomic mass is 9.71. The zero-order chi connectivity index (χ0) is 17.3. The number of hydrogen-bond acceptors (Lipinski definition) is 3. The minimum absolute atomic E-state index is 0.0235. The first-order valence-corrected chi connectivity index (χ1v) is 9.56. The smallest absolute Gasteiger partial charge is 0.274 e. The van der Waals surface area contributed by atoms with Crippen LogP contribution in [0.4, 0.5) is 0 Å². The largest absolute Gasteiger partial charge is 0.389 e. The number of nitrogens with zero attached hydrogens (tertiary/aromatic N) is 3. The van der Waals surface area contributed by atoms with Gasteiger partial charge in [-0.15, -0.1) is 0 Å². The lowest BCUT2D eigenvalue weighted by molar-refractivity contribution is -0.0886. The van der Waals surface area contributed by atoms with Crippen molar-refractivity contribution in [3.8, 4) is 0 Å². The minimum atomic E-state index is -0.542. The summed E-state index contributed by atoms with van der Waals surface area (Å²) in [6.07, 6.45) is 6.94. The summed E-state index contributed by atoms with van der Waals surface area (Å²) in [4.78, 5) is 14.8. The maximum atomic E-state index is 12.9. The number of aryl methyl sites for hydroxylation is 1. The van der Waals surface area contributed by atoms with Gasteiger partial charge in [0.05, 0.1) is 11.6 Å². The first-order chi connectivity index (χ1) is 11.5. The molecule has 1 saturated heterocycles. The number of carbonyl (C=O) groups is 1. The second-order valence-electron chi connectivity index (χ2n) is 7.63. The third-order valence-electron chi connectivity index (χ3n) is 6.14.